The van der Waals surface area contributed by atoms with Gasteiger partial charge in [-0.05, 0) is 24.3 Å². The van der Waals surface area contributed by atoms with Crippen LogP contribution in [0.5, 0.6) is 5.75 Å². The third-order valence-electron chi connectivity index (χ3n) is 2.60. The van der Waals surface area contributed by atoms with E-state index in [0.717, 1.165) is 22.4 Å². The number of ether oxygens (including phenoxy) is 1. The molecular formula is C13H12N4OS. The number of nitrogens with zero attached hydrogens (tertiary/aromatic N) is 3. The van der Waals surface area contributed by atoms with Crippen LogP contribution in [0.25, 0.3) is 5.82 Å². The van der Waals surface area contributed by atoms with Crippen LogP contribution >= 0.6 is 11.3 Å². The van der Waals surface area contributed by atoms with Gasteiger partial charge in [0, 0.05) is 23.5 Å². The Hall–Kier alpha value is -2.34. The zero-order valence-electron chi connectivity index (χ0n) is 10.3. The van der Waals surface area contributed by atoms with Gasteiger partial charge in [0.25, 0.3) is 0 Å². The molecule has 3 rings (SSSR count). The van der Waals surface area contributed by atoms with Crippen molar-refractivity contribution >= 4 is 22.2 Å². The Kier molecular flexibility index (Phi) is 3.16. The van der Waals surface area contributed by atoms with Crippen molar-refractivity contribution in [1.82, 2.24) is 14.5 Å². The summed E-state index contributed by atoms with van der Waals surface area (Å²) in [6.07, 6.45) is 5.33. The zero-order valence-corrected chi connectivity index (χ0v) is 11.1. The summed E-state index contributed by atoms with van der Waals surface area (Å²) >= 11 is 1.55. The molecule has 0 saturated carbocycles. The van der Waals surface area contributed by atoms with Crippen LogP contribution in [0.1, 0.15) is 0 Å². The van der Waals surface area contributed by atoms with Gasteiger partial charge in [-0.15, -0.1) is 11.3 Å². The number of hydrogen-bond acceptors (Lipinski definition) is 5. The summed E-state index contributed by atoms with van der Waals surface area (Å²) in [5.41, 5.74) is 0.979. The second-order valence-electron chi connectivity index (χ2n) is 3.83. The summed E-state index contributed by atoms with van der Waals surface area (Å²) in [5, 5.41) is 6.08. The fraction of sp³-hybridized carbons (Fsp3) is 0.0769. The summed E-state index contributed by atoms with van der Waals surface area (Å²) in [7, 11) is 1.65. The summed E-state index contributed by atoms with van der Waals surface area (Å²) in [6, 6.07) is 7.73. The molecule has 0 bridgehead atoms. The van der Waals surface area contributed by atoms with Crippen molar-refractivity contribution in [3.05, 3.63) is 48.4 Å². The van der Waals surface area contributed by atoms with Gasteiger partial charge in [0.05, 0.1) is 7.11 Å². The van der Waals surface area contributed by atoms with E-state index in [1.807, 2.05) is 40.4 Å². The minimum absolute atomic E-state index is 0.837. The van der Waals surface area contributed by atoms with Crippen molar-refractivity contribution in [3.8, 4) is 11.6 Å². The molecule has 96 valence electrons. The van der Waals surface area contributed by atoms with E-state index in [2.05, 4.69) is 15.3 Å². The lowest BCUT2D eigenvalue weighted by atomic mass is 10.3. The summed E-state index contributed by atoms with van der Waals surface area (Å²) < 4.78 is 6.99. The van der Waals surface area contributed by atoms with Crippen LogP contribution in [0, 0.1) is 0 Å². The van der Waals surface area contributed by atoms with E-state index in [0.29, 0.717) is 0 Å². The summed E-state index contributed by atoms with van der Waals surface area (Å²) in [6.45, 7) is 0. The lowest BCUT2D eigenvalue weighted by Gasteiger charge is -2.03. The first-order valence-corrected chi connectivity index (χ1v) is 6.58. The number of methoxy groups -OCH3 is 1. The highest BCUT2D eigenvalue weighted by molar-refractivity contribution is 7.14. The van der Waals surface area contributed by atoms with E-state index >= 15 is 0 Å². The van der Waals surface area contributed by atoms with Gasteiger partial charge in [-0.3, -0.25) is 4.57 Å². The van der Waals surface area contributed by atoms with E-state index in [1.165, 1.54) is 0 Å². The lowest BCUT2D eigenvalue weighted by molar-refractivity contribution is 0.415. The third-order valence-corrected chi connectivity index (χ3v) is 3.35. The Bertz CT molecular complexity index is 646. The lowest BCUT2D eigenvalue weighted by Crippen LogP contribution is -1.93. The molecule has 0 aliphatic heterocycles. The molecule has 5 nitrogen and oxygen atoms in total. The fourth-order valence-electron chi connectivity index (χ4n) is 1.63. The van der Waals surface area contributed by atoms with Crippen molar-refractivity contribution < 1.29 is 4.74 Å². The molecule has 1 aromatic carbocycles. The van der Waals surface area contributed by atoms with Gasteiger partial charge in [0.15, 0.2) is 10.9 Å². The maximum atomic E-state index is 5.12. The van der Waals surface area contributed by atoms with Crippen LogP contribution < -0.4 is 10.1 Å². The van der Waals surface area contributed by atoms with E-state index in [1.54, 1.807) is 31.0 Å². The molecule has 0 aliphatic rings. The van der Waals surface area contributed by atoms with Crippen molar-refractivity contribution in [1.29, 1.82) is 0 Å². The van der Waals surface area contributed by atoms with Gasteiger partial charge in [-0.1, -0.05) is 0 Å². The molecule has 0 aliphatic carbocycles. The second kappa shape index (κ2) is 5.11. The Morgan fingerprint density at radius 1 is 1.26 bits per heavy atom. The molecule has 19 heavy (non-hydrogen) atoms. The standard InChI is InChI=1S/C13H12N4OS/c1-18-11-4-2-10(3-5-11)15-13-16-12(8-19-13)17-7-6-14-9-17/h2-9H,1H3,(H,15,16). The first-order chi connectivity index (χ1) is 9.35. The van der Waals surface area contributed by atoms with Gasteiger partial charge >= 0.3 is 0 Å². The molecule has 1 N–H and O–H groups in total. The maximum absolute atomic E-state index is 5.12. The molecule has 0 spiro atoms. The van der Waals surface area contributed by atoms with Crippen molar-refractivity contribution in [2.75, 3.05) is 12.4 Å². The van der Waals surface area contributed by atoms with Crippen LogP contribution in [0.2, 0.25) is 0 Å². The van der Waals surface area contributed by atoms with Crippen molar-refractivity contribution in [2.45, 2.75) is 0 Å². The van der Waals surface area contributed by atoms with Crippen LogP contribution in [0.15, 0.2) is 48.4 Å². The van der Waals surface area contributed by atoms with Gasteiger partial charge in [0.1, 0.15) is 12.1 Å². The second-order valence-corrected chi connectivity index (χ2v) is 4.69. The van der Waals surface area contributed by atoms with Crippen molar-refractivity contribution in [2.24, 2.45) is 0 Å². The van der Waals surface area contributed by atoms with Gasteiger partial charge in [0.2, 0.25) is 0 Å². The Morgan fingerprint density at radius 3 is 2.79 bits per heavy atom. The molecule has 0 atom stereocenters. The molecule has 0 saturated heterocycles. The monoisotopic (exact) mass is 272 g/mol. The number of imidazole rings is 1. The number of anilines is 2. The number of benzene rings is 1. The van der Waals surface area contributed by atoms with Crippen LogP contribution in [0.3, 0.4) is 0 Å². The predicted molar refractivity (Wildman–Crippen MR) is 75.5 cm³/mol. The highest BCUT2D eigenvalue weighted by Crippen LogP contribution is 2.24. The molecule has 0 unspecified atom stereocenters. The maximum Gasteiger partial charge on any atom is 0.189 e. The number of rotatable bonds is 4. The van der Waals surface area contributed by atoms with Gasteiger partial charge in [-0.25, -0.2) is 9.97 Å². The van der Waals surface area contributed by atoms with Gasteiger partial charge in [-0.2, -0.15) is 0 Å². The Morgan fingerprint density at radius 2 is 2.11 bits per heavy atom. The van der Waals surface area contributed by atoms with Crippen LogP contribution in [-0.2, 0) is 0 Å². The van der Waals surface area contributed by atoms with E-state index in [-0.39, 0.29) is 0 Å². The van der Waals surface area contributed by atoms with Crippen LogP contribution in [0.4, 0.5) is 10.8 Å². The summed E-state index contributed by atoms with van der Waals surface area (Å²) in [5.74, 6) is 1.70. The quantitative estimate of drug-likeness (QED) is 0.793. The minimum atomic E-state index is 0.837. The fourth-order valence-corrected chi connectivity index (χ4v) is 2.35. The number of thiazole rings is 1. The third kappa shape index (κ3) is 2.58. The van der Waals surface area contributed by atoms with Crippen molar-refractivity contribution in [3.63, 3.8) is 0 Å². The Balaban J connectivity index is 1.76. The Labute approximate surface area is 114 Å². The molecular weight excluding hydrogens is 260 g/mol. The van der Waals surface area contributed by atoms with E-state index in [4.69, 9.17) is 4.74 Å². The first kappa shape index (κ1) is 11.7. The minimum Gasteiger partial charge on any atom is -0.497 e. The average molecular weight is 272 g/mol. The molecule has 2 heterocycles. The van der Waals surface area contributed by atoms with E-state index in [9.17, 15) is 0 Å². The topological polar surface area (TPSA) is 52.0 Å². The highest BCUT2D eigenvalue weighted by Gasteiger charge is 2.03. The largest absolute Gasteiger partial charge is 0.497 e. The normalized spacial score (nSPS) is 10.4. The zero-order chi connectivity index (χ0) is 13.1. The van der Waals surface area contributed by atoms with E-state index < -0.39 is 0 Å². The van der Waals surface area contributed by atoms with Gasteiger partial charge < -0.3 is 10.1 Å². The number of nitrogens with one attached hydrogen (secondary N) is 1. The molecule has 2 aromatic heterocycles. The smallest absolute Gasteiger partial charge is 0.189 e. The average Bonchev–Trinajstić information content (AvgIpc) is 3.10. The van der Waals surface area contributed by atoms with Crippen LogP contribution in [-0.4, -0.2) is 21.6 Å². The molecule has 0 amide bonds. The first-order valence-electron chi connectivity index (χ1n) is 5.70. The number of aromatic nitrogens is 3. The highest BCUT2D eigenvalue weighted by atomic mass is 32.1. The predicted octanol–water partition coefficient (Wildman–Crippen LogP) is 3.08. The number of hydrogen-bond donors (Lipinski definition) is 1. The molecule has 0 fully saturated rings. The molecule has 6 heteroatoms. The SMILES string of the molecule is COc1ccc(Nc2nc(-n3ccnc3)cs2)cc1. The molecule has 0 radical (unpaired) electrons. The summed E-state index contributed by atoms with van der Waals surface area (Å²) in [4.78, 5) is 8.49. The molecule has 3 aromatic rings.